The molecule has 1 atom stereocenters. The summed E-state index contributed by atoms with van der Waals surface area (Å²) in [5.74, 6) is 3.89. The number of hydrogen-bond donors (Lipinski definition) is 0. The zero-order valence-electron chi connectivity index (χ0n) is 10.3. The van der Waals surface area contributed by atoms with Crippen molar-refractivity contribution in [2.75, 3.05) is 0 Å². The van der Waals surface area contributed by atoms with Crippen LogP contribution in [0.4, 0.5) is 0 Å². The van der Waals surface area contributed by atoms with E-state index in [1.807, 2.05) is 18.2 Å². The number of rotatable bonds is 2. The summed E-state index contributed by atoms with van der Waals surface area (Å²) < 4.78 is 15.4. The summed E-state index contributed by atoms with van der Waals surface area (Å²) in [6.45, 7) is 0. The van der Waals surface area contributed by atoms with Crippen molar-refractivity contribution in [1.29, 1.82) is 0 Å². The maximum Gasteiger partial charge on any atom is 0.152 e. The molecule has 1 aromatic carbocycles. The van der Waals surface area contributed by atoms with Gasteiger partial charge in [-0.15, -0.1) is 0 Å². The minimum atomic E-state index is -2.68. The van der Waals surface area contributed by atoms with E-state index in [2.05, 4.69) is 26.8 Å². The van der Waals surface area contributed by atoms with Crippen LogP contribution in [0, 0.1) is 0 Å². The number of hydrogen-bond acceptors (Lipinski definition) is 2. The Bertz CT molecular complexity index is 888. The highest BCUT2D eigenvalue weighted by Gasteiger charge is 2.16. The highest BCUT2D eigenvalue weighted by atomic mass is 79.9. The monoisotopic (exact) mass is 368 g/mol. The van der Waals surface area contributed by atoms with Crippen molar-refractivity contribution >= 4 is 54.1 Å². The molecule has 0 aliphatic carbocycles. The number of pyridine rings is 1. The van der Waals surface area contributed by atoms with Crippen LogP contribution in [0.25, 0.3) is 11.0 Å². The number of fused-ring (bicyclic) bond motifs is 1. The number of benzene rings is 1. The SMILES string of the molecule is C=S(=O)(c1ccccc1)n1cc(Br)c2cc(Cl)cnc21. The zero-order chi connectivity index (χ0) is 14.3. The second kappa shape index (κ2) is 4.91. The van der Waals surface area contributed by atoms with E-state index in [0.29, 0.717) is 15.6 Å². The first kappa shape index (κ1) is 13.7. The number of halogens is 2. The van der Waals surface area contributed by atoms with Crippen LogP contribution in [0.5, 0.6) is 0 Å². The molecule has 3 nitrogen and oxygen atoms in total. The van der Waals surface area contributed by atoms with Gasteiger partial charge in [-0.05, 0) is 40.0 Å². The Labute approximate surface area is 130 Å². The molecule has 0 radical (unpaired) electrons. The average Bonchev–Trinajstić information content (AvgIpc) is 2.77. The molecule has 0 spiro atoms. The van der Waals surface area contributed by atoms with Crippen molar-refractivity contribution in [1.82, 2.24) is 8.96 Å². The van der Waals surface area contributed by atoms with Gasteiger partial charge >= 0.3 is 0 Å². The van der Waals surface area contributed by atoms with E-state index in [4.69, 9.17) is 11.6 Å². The lowest BCUT2D eigenvalue weighted by atomic mass is 10.3. The average molecular weight is 370 g/mol. The minimum Gasteiger partial charge on any atom is -0.253 e. The molecule has 102 valence electrons. The molecule has 20 heavy (non-hydrogen) atoms. The third-order valence-corrected chi connectivity index (χ3v) is 5.72. The normalized spacial score (nSPS) is 14.3. The Morgan fingerprint density at radius 3 is 2.70 bits per heavy atom. The molecule has 0 saturated carbocycles. The van der Waals surface area contributed by atoms with Gasteiger partial charge in [0.15, 0.2) is 5.65 Å². The van der Waals surface area contributed by atoms with Gasteiger partial charge in [0, 0.05) is 22.3 Å². The number of aromatic nitrogens is 2. The highest BCUT2D eigenvalue weighted by Crippen LogP contribution is 2.29. The second-order valence-electron chi connectivity index (χ2n) is 4.28. The molecule has 0 saturated heterocycles. The van der Waals surface area contributed by atoms with Crippen LogP contribution in [0.3, 0.4) is 0 Å². The maximum absolute atomic E-state index is 13.1. The summed E-state index contributed by atoms with van der Waals surface area (Å²) in [4.78, 5) is 4.93. The van der Waals surface area contributed by atoms with Gasteiger partial charge in [-0.1, -0.05) is 29.8 Å². The van der Waals surface area contributed by atoms with Crippen LogP contribution < -0.4 is 0 Å². The van der Waals surface area contributed by atoms with Crippen LogP contribution in [-0.4, -0.2) is 19.0 Å². The molecular weight excluding hydrogens is 360 g/mol. The van der Waals surface area contributed by atoms with Crippen molar-refractivity contribution in [2.24, 2.45) is 0 Å². The lowest BCUT2D eigenvalue weighted by Crippen LogP contribution is -2.11. The quantitative estimate of drug-likeness (QED) is 0.640. The van der Waals surface area contributed by atoms with Crippen molar-refractivity contribution in [3.63, 3.8) is 0 Å². The van der Waals surface area contributed by atoms with Gasteiger partial charge in [0.1, 0.15) is 0 Å². The molecule has 0 aliphatic rings. The van der Waals surface area contributed by atoms with Gasteiger partial charge in [0.25, 0.3) is 0 Å². The Balaban J connectivity index is 2.31. The molecule has 2 heterocycles. The molecule has 0 aliphatic heterocycles. The molecule has 6 heteroatoms. The van der Waals surface area contributed by atoms with Gasteiger partial charge in [0.05, 0.1) is 19.6 Å². The molecule has 3 aromatic rings. The first-order valence-corrected chi connectivity index (χ1v) is 8.60. The molecule has 0 amide bonds. The van der Waals surface area contributed by atoms with Gasteiger partial charge in [0.2, 0.25) is 0 Å². The standard InChI is InChI=1S/C14H10BrClN2OS/c1-20(19,11-5-3-2-4-6-11)18-9-13(15)12-7-10(16)8-17-14(12)18/h2-9H,1H2. The molecule has 2 aromatic heterocycles. The molecule has 0 fully saturated rings. The van der Waals surface area contributed by atoms with E-state index < -0.39 is 9.71 Å². The summed E-state index contributed by atoms with van der Waals surface area (Å²) >= 11 is 9.40. The maximum atomic E-state index is 13.1. The van der Waals surface area contributed by atoms with Crippen LogP contribution >= 0.6 is 27.5 Å². The van der Waals surface area contributed by atoms with Gasteiger partial charge in [-0.2, -0.15) is 0 Å². The van der Waals surface area contributed by atoms with Crippen molar-refractivity contribution in [3.8, 4) is 0 Å². The second-order valence-corrected chi connectivity index (χ2v) is 7.72. The Morgan fingerprint density at radius 2 is 2.00 bits per heavy atom. The fourth-order valence-corrected chi connectivity index (χ4v) is 4.29. The van der Waals surface area contributed by atoms with E-state index in [9.17, 15) is 4.21 Å². The molecule has 0 bridgehead atoms. The Morgan fingerprint density at radius 1 is 1.30 bits per heavy atom. The minimum absolute atomic E-state index is 0.534. The topological polar surface area (TPSA) is 34.9 Å². The molecule has 3 rings (SSSR count). The lowest BCUT2D eigenvalue weighted by molar-refractivity contribution is 0.676. The van der Waals surface area contributed by atoms with Crippen molar-refractivity contribution in [3.05, 3.63) is 58.3 Å². The summed E-state index contributed by atoms with van der Waals surface area (Å²) in [6.07, 6.45) is 3.27. The smallest absolute Gasteiger partial charge is 0.152 e. The van der Waals surface area contributed by atoms with Crippen LogP contribution in [0.1, 0.15) is 0 Å². The fraction of sp³-hybridized carbons (Fsp3) is 0. The summed E-state index contributed by atoms with van der Waals surface area (Å²) in [5, 5.41) is 1.34. The third kappa shape index (κ3) is 2.16. The molecule has 0 N–H and O–H groups in total. The molecule has 1 unspecified atom stereocenters. The van der Waals surface area contributed by atoms with E-state index in [1.54, 1.807) is 28.4 Å². The highest BCUT2D eigenvalue weighted by molar-refractivity contribution is 9.10. The van der Waals surface area contributed by atoms with Crippen LogP contribution in [0.2, 0.25) is 5.02 Å². The molecular formula is C14H10BrClN2OS. The largest absolute Gasteiger partial charge is 0.253 e. The first-order chi connectivity index (χ1) is 9.50. The van der Waals surface area contributed by atoms with Crippen molar-refractivity contribution in [2.45, 2.75) is 4.90 Å². The Hall–Kier alpha value is -1.30. The predicted octanol–water partition coefficient (Wildman–Crippen LogP) is 3.99. The fourth-order valence-electron chi connectivity index (χ4n) is 1.99. The predicted molar refractivity (Wildman–Crippen MR) is 87.8 cm³/mol. The summed E-state index contributed by atoms with van der Waals surface area (Å²) in [7, 11) is -2.68. The van der Waals surface area contributed by atoms with Gasteiger partial charge < -0.3 is 0 Å². The lowest BCUT2D eigenvalue weighted by Gasteiger charge is -2.11. The van der Waals surface area contributed by atoms with E-state index in [-0.39, 0.29) is 0 Å². The summed E-state index contributed by atoms with van der Waals surface area (Å²) in [6, 6.07) is 10.9. The van der Waals surface area contributed by atoms with Crippen LogP contribution in [-0.2, 0) is 9.71 Å². The van der Waals surface area contributed by atoms with E-state index in [0.717, 1.165) is 9.86 Å². The van der Waals surface area contributed by atoms with Crippen LogP contribution in [0.15, 0.2) is 58.2 Å². The summed E-state index contributed by atoms with van der Waals surface area (Å²) in [5.41, 5.74) is 0.588. The third-order valence-electron chi connectivity index (χ3n) is 2.96. The number of nitrogens with zero attached hydrogens (tertiary/aromatic N) is 2. The Kier molecular flexibility index (Phi) is 3.36. The zero-order valence-corrected chi connectivity index (χ0v) is 13.5. The first-order valence-electron chi connectivity index (χ1n) is 5.75. The van der Waals surface area contributed by atoms with Gasteiger partial charge in [-0.25, -0.2) is 9.19 Å². The van der Waals surface area contributed by atoms with E-state index in [1.165, 1.54) is 6.20 Å². The van der Waals surface area contributed by atoms with Crippen molar-refractivity contribution < 1.29 is 4.21 Å². The van der Waals surface area contributed by atoms with Gasteiger partial charge in [-0.3, -0.25) is 3.97 Å². The van der Waals surface area contributed by atoms with E-state index >= 15 is 0 Å².